The number of carbonyl (C=O) groups excluding carboxylic acids is 1. The maximum absolute atomic E-state index is 12.8. The molecule has 10 nitrogen and oxygen atoms in total. The lowest BCUT2D eigenvalue weighted by Crippen LogP contribution is -2.25. The summed E-state index contributed by atoms with van der Waals surface area (Å²) in [4.78, 5) is 23.1. The molecule has 1 aromatic carbocycles. The van der Waals surface area contributed by atoms with E-state index in [2.05, 4.69) is 15.5 Å². The number of nitro groups is 1. The van der Waals surface area contributed by atoms with Crippen LogP contribution in [0.2, 0.25) is 0 Å². The zero-order valence-electron chi connectivity index (χ0n) is 18.2. The van der Waals surface area contributed by atoms with Crippen molar-refractivity contribution >= 4 is 17.4 Å². The number of benzene rings is 1. The largest absolute Gasteiger partial charge is 0.497 e. The number of anilines is 1. The third-order valence-electron chi connectivity index (χ3n) is 5.15. The van der Waals surface area contributed by atoms with Gasteiger partial charge < -0.3 is 20.2 Å². The van der Waals surface area contributed by atoms with Crippen LogP contribution in [-0.4, -0.2) is 37.5 Å². The molecule has 1 unspecified atom stereocenters. The van der Waals surface area contributed by atoms with Gasteiger partial charge in [-0.2, -0.15) is 9.78 Å². The highest BCUT2D eigenvalue weighted by Gasteiger charge is 2.22. The molecule has 0 aliphatic heterocycles. The molecular formula is C21H26N6O4. The van der Waals surface area contributed by atoms with E-state index in [9.17, 15) is 14.9 Å². The second kappa shape index (κ2) is 8.99. The smallest absolute Gasteiger partial charge is 0.390 e. The summed E-state index contributed by atoms with van der Waals surface area (Å²) < 4.78 is 8.59. The van der Waals surface area contributed by atoms with Gasteiger partial charge >= 0.3 is 5.82 Å². The summed E-state index contributed by atoms with van der Waals surface area (Å²) in [7, 11) is 1.63. The number of carbonyl (C=O) groups is 1. The molecule has 0 aliphatic rings. The Kier molecular flexibility index (Phi) is 6.38. The molecule has 1 N–H and O–H groups in total. The summed E-state index contributed by atoms with van der Waals surface area (Å²) in [6.07, 6.45) is 0. The number of methoxy groups -OCH3 is 1. The summed E-state index contributed by atoms with van der Waals surface area (Å²) >= 11 is 0. The molecule has 31 heavy (non-hydrogen) atoms. The van der Waals surface area contributed by atoms with Crippen LogP contribution >= 0.6 is 0 Å². The number of nitrogens with one attached hydrogen (secondary N) is 1. The van der Waals surface area contributed by atoms with E-state index in [1.165, 1.54) is 10.7 Å². The van der Waals surface area contributed by atoms with Gasteiger partial charge in [-0.1, -0.05) is 19.1 Å². The highest BCUT2D eigenvalue weighted by atomic mass is 16.6. The fourth-order valence-corrected chi connectivity index (χ4v) is 3.33. The lowest BCUT2D eigenvalue weighted by atomic mass is 10.1. The van der Waals surface area contributed by atoms with Gasteiger partial charge in [0.2, 0.25) is 5.91 Å². The molecule has 10 heteroatoms. The van der Waals surface area contributed by atoms with Crippen LogP contribution in [0.4, 0.5) is 11.5 Å². The van der Waals surface area contributed by atoms with Crippen molar-refractivity contribution in [3.8, 4) is 5.75 Å². The van der Waals surface area contributed by atoms with Crippen molar-refractivity contribution in [2.24, 2.45) is 5.92 Å². The van der Waals surface area contributed by atoms with E-state index in [0.29, 0.717) is 23.6 Å². The number of hydrogen-bond donors (Lipinski definition) is 1. The highest BCUT2D eigenvalue weighted by Crippen LogP contribution is 2.23. The van der Waals surface area contributed by atoms with Crippen LogP contribution in [0.1, 0.15) is 29.6 Å². The summed E-state index contributed by atoms with van der Waals surface area (Å²) in [5, 5.41) is 22.4. The zero-order valence-corrected chi connectivity index (χ0v) is 18.2. The van der Waals surface area contributed by atoms with Gasteiger partial charge in [-0.05, 0) is 43.4 Å². The first-order chi connectivity index (χ1) is 14.7. The Morgan fingerprint density at radius 3 is 2.61 bits per heavy atom. The van der Waals surface area contributed by atoms with Gasteiger partial charge in [0.15, 0.2) is 0 Å². The molecule has 0 saturated heterocycles. The van der Waals surface area contributed by atoms with Gasteiger partial charge in [-0.3, -0.25) is 9.48 Å². The van der Waals surface area contributed by atoms with Crippen molar-refractivity contribution in [1.82, 2.24) is 19.6 Å². The van der Waals surface area contributed by atoms with E-state index in [1.54, 1.807) is 21.0 Å². The van der Waals surface area contributed by atoms with Crippen molar-refractivity contribution in [3.63, 3.8) is 0 Å². The Morgan fingerprint density at radius 1 is 1.23 bits per heavy atom. The van der Waals surface area contributed by atoms with E-state index in [1.807, 2.05) is 42.8 Å². The number of aromatic nitrogens is 4. The Balaban J connectivity index is 1.71. The summed E-state index contributed by atoms with van der Waals surface area (Å²) in [6, 6.07) is 9.13. The van der Waals surface area contributed by atoms with Crippen LogP contribution in [0.25, 0.3) is 0 Å². The molecular weight excluding hydrogens is 400 g/mol. The van der Waals surface area contributed by atoms with Crippen LogP contribution in [-0.2, 0) is 17.9 Å². The lowest BCUT2D eigenvalue weighted by Gasteiger charge is -2.12. The monoisotopic (exact) mass is 426 g/mol. The second-order valence-electron chi connectivity index (χ2n) is 7.53. The molecule has 0 radical (unpaired) electrons. The molecule has 0 aliphatic carbocycles. The molecule has 0 bridgehead atoms. The topological polar surface area (TPSA) is 117 Å². The van der Waals surface area contributed by atoms with E-state index >= 15 is 0 Å². The predicted molar refractivity (Wildman–Crippen MR) is 115 cm³/mol. The highest BCUT2D eigenvalue weighted by molar-refractivity contribution is 5.93. The molecule has 0 spiro atoms. The first kappa shape index (κ1) is 22.0. The standard InChI is InChI=1S/C21H26N6O4/c1-13(11-25-14(2)9-19(24-25)27(29)30)21(28)22-20-15(3)23-26(16(20)4)12-17-7-6-8-18(10-17)31-5/h6-10,13H,11-12H2,1-5H3,(H,22,28). The van der Waals surface area contributed by atoms with Gasteiger partial charge in [0.1, 0.15) is 5.75 Å². The Hall–Kier alpha value is -3.69. The van der Waals surface area contributed by atoms with Crippen molar-refractivity contribution in [3.05, 3.63) is 63.1 Å². The van der Waals surface area contributed by atoms with Gasteiger partial charge in [-0.25, -0.2) is 0 Å². The van der Waals surface area contributed by atoms with Crippen LogP contribution in [0.5, 0.6) is 5.75 Å². The number of nitrogens with zero attached hydrogens (tertiary/aromatic N) is 5. The van der Waals surface area contributed by atoms with Crippen LogP contribution < -0.4 is 10.1 Å². The second-order valence-corrected chi connectivity index (χ2v) is 7.53. The number of rotatable bonds is 8. The molecule has 0 saturated carbocycles. The quantitative estimate of drug-likeness (QED) is 0.436. The Bertz CT molecular complexity index is 1120. The minimum Gasteiger partial charge on any atom is -0.497 e. The molecule has 2 heterocycles. The third kappa shape index (κ3) is 4.90. The molecule has 2 aromatic heterocycles. The first-order valence-corrected chi connectivity index (χ1v) is 9.86. The van der Waals surface area contributed by atoms with Crippen LogP contribution in [0, 0.1) is 36.8 Å². The summed E-state index contributed by atoms with van der Waals surface area (Å²) in [5.74, 6) is -0.102. The Labute approximate surface area is 180 Å². The number of aryl methyl sites for hydroxylation is 2. The molecule has 1 amide bonds. The number of amides is 1. The molecule has 3 aromatic rings. The molecule has 164 valence electrons. The van der Waals surface area contributed by atoms with Gasteiger partial charge in [0, 0.05) is 0 Å². The van der Waals surface area contributed by atoms with E-state index in [4.69, 9.17) is 4.74 Å². The fraction of sp³-hybridized carbons (Fsp3) is 0.381. The fourth-order valence-electron chi connectivity index (χ4n) is 3.33. The predicted octanol–water partition coefficient (Wildman–Crippen LogP) is 3.24. The zero-order chi connectivity index (χ0) is 22.7. The number of hydrogen-bond acceptors (Lipinski definition) is 6. The SMILES string of the molecule is COc1cccc(Cn2nc(C)c(NC(=O)C(C)Cn3nc([N+](=O)[O-])cc3C)c2C)c1. The van der Waals surface area contributed by atoms with E-state index in [-0.39, 0.29) is 18.3 Å². The van der Waals surface area contributed by atoms with E-state index < -0.39 is 10.8 Å². The third-order valence-corrected chi connectivity index (χ3v) is 5.15. The van der Waals surface area contributed by atoms with Crippen molar-refractivity contribution in [2.75, 3.05) is 12.4 Å². The Morgan fingerprint density at radius 2 is 1.97 bits per heavy atom. The minimum absolute atomic E-state index is 0.204. The maximum Gasteiger partial charge on any atom is 0.390 e. The molecule has 1 atom stereocenters. The maximum atomic E-state index is 12.8. The molecule has 0 fully saturated rings. The average molecular weight is 426 g/mol. The average Bonchev–Trinajstić information content (AvgIpc) is 3.22. The van der Waals surface area contributed by atoms with Gasteiger partial charge in [0.25, 0.3) is 0 Å². The van der Waals surface area contributed by atoms with E-state index in [0.717, 1.165) is 17.0 Å². The summed E-state index contributed by atoms with van der Waals surface area (Å²) in [6.45, 7) is 8.01. The first-order valence-electron chi connectivity index (χ1n) is 9.86. The van der Waals surface area contributed by atoms with Crippen LogP contribution in [0.15, 0.2) is 30.3 Å². The lowest BCUT2D eigenvalue weighted by molar-refractivity contribution is -0.389. The van der Waals surface area contributed by atoms with Crippen molar-refractivity contribution in [1.29, 1.82) is 0 Å². The van der Waals surface area contributed by atoms with Crippen molar-refractivity contribution in [2.45, 2.75) is 40.8 Å². The summed E-state index contributed by atoms with van der Waals surface area (Å²) in [5.41, 5.74) is 3.89. The minimum atomic E-state index is -0.544. The van der Waals surface area contributed by atoms with Gasteiger partial charge in [0.05, 0.1) is 60.1 Å². The van der Waals surface area contributed by atoms with Gasteiger partial charge in [-0.15, -0.1) is 0 Å². The normalized spacial score (nSPS) is 11.9. The molecule has 3 rings (SSSR count). The van der Waals surface area contributed by atoms with Crippen LogP contribution in [0.3, 0.4) is 0 Å². The van der Waals surface area contributed by atoms with Crippen molar-refractivity contribution < 1.29 is 14.5 Å². The number of ether oxygens (including phenoxy) is 1.